The Balaban J connectivity index is 1.94. The van der Waals surface area contributed by atoms with Crippen molar-refractivity contribution in [3.8, 4) is 0 Å². The first-order chi connectivity index (χ1) is 11.0. The van der Waals surface area contributed by atoms with Crippen LogP contribution in [0.4, 0.5) is 11.4 Å². The number of hydrogen-bond acceptors (Lipinski definition) is 3. The van der Waals surface area contributed by atoms with Crippen molar-refractivity contribution >= 4 is 23.1 Å². The third kappa shape index (κ3) is 4.68. The number of benzene rings is 2. The van der Waals surface area contributed by atoms with Crippen LogP contribution >= 0.6 is 0 Å². The molecule has 0 aliphatic rings. The second-order valence-electron chi connectivity index (χ2n) is 5.54. The Morgan fingerprint density at radius 1 is 0.957 bits per heavy atom. The van der Waals surface area contributed by atoms with Crippen LogP contribution in [0.2, 0.25) is 0 Å². The standard InChI is InChI=1S/C19H22N2O2/c1-4-15-5-9-17(10-6-15)20-13(2)19(23)21-18-11-7-16(8-12-18)14(3)22/h5-13,20H,4H2,1-3H3,(H,21,23)/t13-/m0/s1. The summed E-state index contributed by atoms with van der Waals surface area (Å²) < 4.78 is 0. The number of carbonyl (C=O) groups excluding carboxylic acids is 2. The molecule has 0 saturated carbocycles. The summed E-state index contributed by atoms with van der Waals surface area (Å²) in [6.45, 7) is 5.44. The van der Waals surface area contributed by atoms with E-state index in [4.69, 9.17) is 0 Å². The Morgan fingerprint density at radius 3 is 2.04 bits per heavy atom. The van der Waals surface area contributed by atoms with Crippen molar-refractivity contribution in [2.24, 2.45) is 0 Å². The van der Waals surface area contributed by atoms with E-state index in [0.717, 1.165) is 12.1 Å². The zero-order valence-corrected chi connectivity index (χ0v) is 13.7. The van der Waals surface area contributed by atoms with Crippen LogP contribution in [0.5, 0.6) is 0 Å². The molecule has 2 aromatic carbocycles. The van der Waals surface area contributed by atoms with Crippen LogP contribution in [0.3, 0.4) is 0 Å². The molecule has 23 heavy (non-hydrogen) atoms. The monoisotopic (exact) mass is 310 g/mol. The fourth-order valence-electron chi connectivity index (χ4n) is 2.19. The molecule has 0 radical (unpaired) electrons. The van der Waals surface area contributed by atoms with Gasteiger partial charge in [0, 0.05) is 16.9 Å². The number of rotatable bonds is 6. The van der Waals surface area contributed by atoms with Gasteiger partial charge in [-0.05, 0) is 62.2 Å². The summed E-state index contributed by atoms with van der Waals surface area (Å²) in [4.78, 5) is 23.5. The van der Waals surface area contributed by atoms with E-state index in [1.807, 2.05) is 31.2 Å². The molecule has 4 heteroatoms. The Morgan fingerprint density at radius 2 is 1.52 bits per heavy atom. The molecule has 4 nitrogen and oxygen atoms in total. The highest BCUT2D eigenvalue weighted by atomic mass is 16.2. The Kier molecular flexibility index (Phi) is 5.52. The van der Waals surface area contributed by atoms with Crippen LogP contribution in [-0.2, 0) is 11.2 Å². The molecule has 1 amide bonds. The number of anilines is 2. The van der Waals surface area contributed by atoms with E-state index in [1.165, 1.54) is 12.5 Å². The van der Waals surface area contributed by atoms with Crippen LogP contribution in [0, 0.1) is 0 Å². The molecule has 0 aliphatic carbocycles. The van der Waals surface area contributed by atoms with Gasteiger partial charge in [0.05, 0.1) is 0 Å². The zero-order valence-electron chi connectivity index (χ0n) is 13.7. The molecule has 2 rings (SSSR count). The summed E-state index contributed by atoms with van der Waals surface area (Å²) >= 11 is 0. The first-order valence-corrected chi connectivity index (χ1v) is 7.77. The average Bonchev–Trinajstić information content (AvgIpc) is 2.56. The fourth-order valence-corrected chi connectivity index (χ4v) is 2.19. The van der Waals surface area contributed by atoms with E-state index in [0.29, 0.717) is 11.3 Å². The summed E-state index contributed by atoms with van der Waals surface area (Å²) in [5.41, 5.74) is 3.48. The highest BCUT2D eigenvalue weighted by Crippen LogP contribution is 2.13. The SMILES string of the molecule is CCc1ccc(N[C@@H](C)C(=O)Nc2ccc(C(C)=O)cc2)cc1. The maximum atomic E-state index is 12.2. The Labute approximate surface area is 136 Å². The minimum absolute atomic E-state index is 0.00781. The minimum atomic E-state index is -0.366. The molecule has 0 aliphatic heterocycles. The average molecular weight is 310 g/mol. The highest BCUT2D eigenvalue weighted by molar-refractivity contribution is 5.97. The molecule has 0 spiro atoms. The number of Topliss-reactive ketones (excluding diaryl/α,β-unsaturated/α-hetero) is 1. The van der Waals surface area contributed by atoms with Crippen molar-refractivity contribution in [1.82, 2.24) is 0 Å². The van der Waals surface area contributed by atoms with Gasteiger partial charge < -0.3 is 10.6 Å². The molecule has 120 valence electrons. The fraction of sp³-hybridized carbons (Fsp3) is 0.263. The van der Waals surface area contributed by atoms with E-state index in [2.05, 4.69) is 17.6 Å². The number of amides is 1. The van der Waals surface area contributed by atoms with Gasteiger partial charge in [0.1, 0.15) is 6.04 Å². The van der Waals surface area contributed by atoms with Gasteiger partial charge in [-0.3, -0.25) is 9.59 Å². The van der Waals surface area contributed by atoms with E-state index in [-0.39, 0.29) is 17.7 Å². The molecule has 1 atom stereocenters. The number of ketones is 1. The van der Waals surface area contributed by atoms with Gasteiger partial charge in [-0.2, -0.15) is 0 Å². The van der Waals surface area contributed by atoms with Gasteiger partial charge in [-0.15, -0.1) is 0 Å². The minimum Gasteiger partial charge on any atom is -0.374 e. The van der Waals surface area contributed by atoms with Gasteiger partial charge in [0.2, 0.25) is 5.91 Å². The first kappa shape index (κ1) is 16.7. The van der Waals surface area contributed by atoms with Gasteiger partial charge in [0.25, 0.3) is 0 Å². The van der Waals surface area contributed by atoms with Gasteiger partial charge in [0.15, 0.2) is 5.78 Å². The van der Waals surface area contributed by atoms with E-state index >= 15 is 0 Å². The van der Waals surface area contributed by atoms with Crippen LogP contribution in [0.15, 0.2) is 48.5 Å². The van der Waals surface area contributed by atoms with Crippen molar-refractivity contribution < 1.29 is 9.59 Å². The lowest BCUT2D eigenvalue weighted by Crippen LogP contribution is -2.31. The summed E-state index contributed by atoms with van der Waals surface area (Å²) in [7, 11) is 0. The number of carbonyl (C=O) groups is 2. The molecular formula is C19H22N2O2. The summed E-state index contributed by atoms with van der Waals surface area (Å²) in [6, 6.07) is 14.6. The second-order valence-corrected chi connectivity index (χ2v) is 5.54. The Hall–Kier alpha value is -2.62. The first-order valence-electron chi connectivity index (χ1n) is 7.77. The van der Waals surface area contributed by atoms with Gasteiger partial charge in [-0.25, -0.2) is 0 Å². The van der Waals surface area contributed by atoms with Gasteiger partial charge >= 0.3 is 0 Å². The predicted octanol–water partition coefficient (Wildman–Crippen LogP) is 3.89. The molecule has 0 fully saturated rings. The maximum Gasteiger partial charge on any atom is 0.246 e. The lowest BCUT2D eigenvalue weighted by Gasteiger charge is -2.15. The molecule has 2 N–H and O–H groups in total. The second kappa shape index (κ2) is 7.58. The quantitative estimate of drug-likeness (QED) is 0.796. The largest absolute Gasteiger partial charge is 0.374 e. The summed E-state index contributed by atoms with van der Waals surface area (Å²) in [6.07, 6.45) is 0.993. The molecular weight excluding hydrogens is 288 g/mol. The molecule has 0 bridgehead atoms. The highest BCUT2D eigenvalue weighted by Gasteiger charge is 2.13. The lowest BCUT2D eigenvalue weighted by molar-refractivity contribution is -0.116. The van der Waals surface area contributed by atoms with Crippen molar-refractivity contribution in [3.05, 3.63) is 59.7 Å². The molecule has 0 unspecified atom stereocenters. The normalized spacial score (nSPS) is 11.6. The van der Waals surface area contributed by atoms with Crippen LogP contribution in [-0.4, -0.2) is 17.7 Å². The molecule has 0 saturated heterocycles. The van der Waals surface area contributed by atoms with Crippen molar-refractivity contribution in [3.63, 3.8) is 0 Å². The van der Waals surface area contributed by atoms with Crippen molar-refractivity contribution in [1.29, 1.82) is 0 Å². The van der Waals surface area contributed by atoms with Crippen LogP contribution < -0.4 is 10.6 Å². The number of nitrogens with one attached hydrogen (secondary N) is 2. The third-order valence-corrected chi connectivity index (χ3v) is 3.70. The van der Waals surface area contributed by atoms with Crippen LogP contribution in [0.25, 0.3) is 0 Å². The van der Waals surface area contributed by atoms with Gasteiger partial charge in [-0.1, -0.05) is 19.1 Å². The van der Waals surface area contributed by atoms with E-state index in [1.54, 1.807) is 24.3 Å². The molecule has 0 aromatic heterocycles. The molecule has 0 heterocycles. The van der Waals surface area contributed by atoms with Crippen LogP contribution in [0.1, 0.15) is 36.7 Å². The number of aryl methyl sites for hydroxylation is 1. The van der Waals surface area contributed by atoms with Crippen molar-refractivity contribution in [2.75, 3.05) is 10.6 Å². The summed E-state index contributed by atoms with van der Waals surface area (Å²) in [5, 5.41) is 6.01. The molecule has 2 aromatic rings. The smallest absolute Gasteiger partial charge is 0.246 e. The van der Waals surface area contributed by atoms with Crippen molar-refractivity contribution in [2.45, 2.75) is 33.2 Å². The summed E-state index contributed by atoms with van der Waals surface area (Å²) in [5.74, 6) is -0.117. The Bertz CT molecular complexity index is 676. The number of hydrogen-bond donors (Lipinski definition) is 2. The predicted molar refractivity (Wildman–Crippen MR) is 94.0 cm³/mol. The zero-order chi connectivity index (χ0) is 16.8. The third-order valence-electron chi connectivity index (χ3n) is 3.70. The maximum absolute atomic E-state index is 12.2. The van der Waals surface area contributed by atoms with E-state index < -0.39 is 0 Å². The van der Waals surface area contributed by atoms with E-state index in [9.17, 15) is 9.59 Å². The lowest BCUT2D eigenvalue weighted by atomic mass is 10.1. The topological polar surface area (TPSA) is 58.2 Å².